The van der Waals surface area contributed by atoms with Gasteiger partial charge in [0.25, 0.3) is 0 Å². The maximum atomic E-state index is 12.8. The van der Waals surface area contributed by atoms with Gasteiger partial charge in [0.05, 0.1) is 18.9 Å². The zero-order valence-corrected chi connectivity index (χ0v) is 17.7. The third kappa shape index (κ3) is 6.03. The van der Waals surface area contributed by atoms with E-state index in [0.717, 1.165) is 50.6 Å². The summed E-state index contributed by atoms with van der Waals surface area (Å²) >= 11 is 0. The van der Waals surface area contributed by atoms with Gasteiger partial charge in [-0.2, -0.15) is 0 Å². The average Bonchev–Trinajstić information content (AvgIpc) is 2.71. The van der Waals surface area contributed by atoms with Crippen molar-refractivity contribution in [1.29, 1.82) is 0 Å². The maximum absolute atomic E-state index is 12.8. The van der Waals surface area contributed by atoms with Crippen LogP contribution >= 0.6 is 12.4 Å². The van der Waals surface area contributed by atoms with Crippen LogP contribution in [0.2, 0.25) is 0 Å². The third-order valence-corrected chi connectivity index (χ3v) is 6.33. The number of esters is 1. The Morgan fingerprint density at radius 2 is 1.86 bits per heavy atom. The fraction of sp³-hybridized carbons (Fsp3) is 0.591. The molecule has 2 N–H and O–H groups in total. The van der Waals surface area contributed by atoms with Gasteiger partial charge >= 0.3 is 5.97 Å². The van der Waals surface area contributed by atoms with Gasteiger partial charge in [-0.3, -0.25) is 9.59 Å². The van der Waals surface area contributed by atoms with Crippen LogP contribution in [-0.2, 0) is 9.53 Å². The number of carbonyl (C=O) groups excluding carboxylic acids is 2. The van der Waals surface area contributed by atoms with E-state index < -0.39 is 0 Å². The minimum absolute atomic E-state index is 0. The van der Waals surface area contributed by atoms with Gasteiger partial charge in [-0.05, 0) is 62.3 Å². The quantitative estimate of drug-likeness (QED) is 0.238. The number of nitrogens with one attached hydrogen (secondary N) is 1. The number of carbonyl (C=O) groups is 2. The fourth-order valence-electron chi connectivity index (χ4n) is 4.58. The predicted octanol–water partition coefficient (Wildman–Crippen LogP) is 3.98. The number of hydrogen-bond donors (Lipinski definition) is 2. The Labute approximate surface area is 178 Å². The van der Waals surface area contributed by atoms with Gasteiger partial charge in [0.2, 0.25) is 0 Å². The summed E-state index contributed by atoms with van der Waals surface area (Å²) in [6.07, 6.45) is 8.13. The highest BCUT2D eigenvalue weighted by Crippen LogP contribution is 2.45. The lowest BCUT2D eigenvalue weighted by atomic mass is 9.65. The van der Waals surface area contributed by atoms with Gasteiger partial charge in [-0.25, -0.2) is 0 Å². The number of hydrogen-bond acceptors (Lipinski definition) is 6. The summed E-state index contributed by atoms with van der Waals surface area (Å²) in [6.45, 7) is 3.16. The van der Waals surface area contributed by atoms with Crippen LogP contribution in [-0.4, -0.2) is 42.4 Å². The Bertz CT molecular complexity index is 702. The van der Waals surface area contributed by atoms with E-state index in [4.69, 9.17) is 9.94 Å². The third-order valence-electron chi connectivity index (χ3n) is 6.33. The largest absolute Gasteiger partial charge is 0.466 e. The molecule has 6 nitrogen and oxygen atoms in total. The van der Waals surface area contributed by atoms with Crippen LogP contribution in [0.4, 0.5) is 0 Å². The Hall–Kier alpha value is -1.92. The average molecular weight is 423 g/mol. The van der Waals surface area contributed by atoms with E-state index in [1.807, 2.05) is 6.92 Å². The molecule has 1 unspecified atom stereocenters. The summed E-state index contributed by atoms with van der Waals surface area (Å²) in [4.78, 5) is 24.5. The molecule has 7 heteroatoms. The minimum atomic E-state index is -0.139. The van der Waals surface area contributed by atoms with Crippen molar-refractivity contribution < 1.29 is 19.5 Å². The number of Topliss-reactive ketones (excluding diaryl/α,β-unsaturated/α-hetero) is 1. The smallest absolute Gasteiger partial charge is 0.306 e. The molecule has 1 atom stereocenters. The maximum Gasteiger partial charge on any atom is 0.306 e. The van der Waals surface area contributed by atoms with E-state index in [9.17, 15) is 9.59 Å². The first-order valence-corrected chi connectivity index (χ1v) is 10.3. The highest BCUT2D eigenvalue weighted by molar-refractivity contribution is 6.00. The van der Waals surface area contributed by atoms with Crippen molar-refractivity contribution in [2.24, 2.45) is 16.5 Å². The number of rotatable bonds is 6. The van der Waals surface area contributed by atoms with E-state index in [-0.39, 0.29) is 35.6 Å². The molecule has 0 radical (unpaired) electrons. The summed E-state index contributed by atoms with van der Waals surface area (Å²) in [6, 6.07) is 6.99. The molecule has 1 aromatic rings. The second-order valence-electron chi connectivity index (χ2n) is 8.16. The number of piperidine rings is 1. The molecule has 2 aliphatic rings. The van der Waals surface area contributed by atoms with Crippen molar-refractivity contribution in [3.63, 3.8) is 0 Å². The zero-order valence-electron chi connectivity index (χ0n) is 16.9. The second kappa shape index (κ2) is 10.7. The van der Waals surface area contributed by atoms with E-state index in [0.29, 0.717) is 24.5 Å². The van der Waals surface area contributed by atoms with Gasteiger partial charge in [0.1, 0.15) is 0 Å². The van der Waals surface area contributed by atoms with E-state index in [1.165, 1.54) is 6.21 Å². The number of benzene rings is 1. The van der Waals surface area contributed by atoms with Crippen LogP contribution in [0.5, 0.6) is 0 Å². The lowest BCUT2D eigenvalue weighted by Crippen LogP contribution is -2.50. The second-order valence-corrected chi connectivity index (χ2v) is 8.16. The summed E-state index contributed by atoms with van der Waals surface area (Å²) in [5.74, 6) is 0.482. The molecule has 1 saturated heterocycles. The van der Waals surface area contributed by atoms with E-state index >= 15 is 0 Å². The SMILES string of the molecule is CCOC(=O)CC1CCC2(CC1)CCC(C(=O)c1ccc(C=NO)cc1)NC2.Cl. The highest BCUT2D eigenvalue weighted by Gasteiger charge is 2.40. The van der Waals surface area contributed by atoms with Gasteiger partial charge in [0, 0.05) is 18.5 Å². The number of nitrogens with zero attached hydrogens (tertiary/aromatic N) is 1. The normalized spacial score (nSPS) is 26.8. The molecule has 3 rings (SSSR count). The Kier molecular flexibility index (Phi) is 8.65. The van der Waals surface area contributed by atoms with Crippen LogP contribution in [0.1, 0.15) is 67.8 Å². The molecule has 160 valence electrons. The van der Waals surface area contributed by atoms with Crippen molar-refractivity contribution in [2.45, 2.75) is 57.9 Å². The first-order valence-electron chi connectivity index (χ1n) is 10.3. The molecule has 2 fully saturated rings. The molecule has 29 heavy (non-hydrogen) atoms. The van der Waals surface area contributed by atoms with Crippen LogP contribution in [0.3, 0.4) is 0 Å². The van der Waals surface area contributed by atoms with E-state index in [2.05, 4.69) is 10.5 Å². The molecule has 1 heterocycles. The molecule has 1 aliphatic carbocycles. The summed E-state index contributed by atoms with van der Waals surface area (Å²) < 4.78 is 5.08. The number of oxime groups is 1. The molecule has 1 spiro atoms. The van der Waals surface area contributed by atoms with Gasteiger partial charge in [-0.15, -0.1) is 12.4 Å². The molecule has 0 bridgehead atoms. The van der Waals surface area contributed by atoms with Crippen molar-refractivity contribution in [3.05, 3.63) is 35.4 Å². The zero-order chi connectivity index (χ0) is 20.0. The summed E-state index contributed by atoms with van der Waals surface area (Å²) in [5.41, 5.74) is 1.71. The number of ether oxygens (including phenoxy) is 1. The fourth-order valence-corrected chi connectivity index (χ4v) is 4.58. The Balaban J connectivity index is 0.00000300. The Morgan fingerprint density at radius 1 is 1.21 bits per heavy atom. The lowest BCUT2D eigenvalue weighted by molar-refractivity contribution is -0.144. The van der Waals surface area contributed by atoms with E-state index in [1.54, 1.807) is 24.3 Å². The van der Waals surface area contributed by atoms with Crippen molar-refractivity contribution in [1.82, 2.24) is 5.32 Å². The summed E-state index contributed by atoms with van der Waals surface area (Å²) in [5, 5.41) is 15.1. The standard InChI is InChI=1S/C22H30N2O4.ClH/c1-2-28-20(25)13-16-7-10-22(11-8-16)12-9-19(23-15-22)21(26)18-5-3-17(4-6-18)14-24-27;/h3-6,14,16,19,23,27H,2,7-13,15H2,1H3;1H. The first kappa shape index (κ1) is 23.4. The summed E-state index contributed by atoms with van der Waals surface area (Å²) in [7, 11) is 0. The topological polar surface area (TPSA) is 88.0 Å². The molecular weight excluding hydrogens is 392 g/mol. The van der Waals surface area contributed by atoms with Crippen LogP contribution in [0, 0.1) is 11.3 Å². The van der Waals surface area contributed by atoms with Crippen LogP contribution in [0.15, 0.2) is 29.4 Å². The number of halogens is 1. The minimum Gasteiger partial charge on any atom is -0.466 e. The van der Waals surface area contributed by atoms with Crippen molar-refractivity contribution >= 4 is 30.4 Å². The predicted molar refractivity (Wildman–Crippen MR) is 114 cm³/mol. The Morgan fingerprint density at radius 3 is 2.41 bits per heavy atom. The highest BCUT2D eigenvalue weighted by atomic mass is 35.5. The molecule has 1 saturated carbocycles. The van der Waals surface area contributed by atoms with Crippen molar-refractivity contribution in [3.8, 4) is 0 Å². The number of ketones is 1. The monoisotopic (exact) mass is 422 g/mol. The first-order chi connectivity index (χ1) is 13.5. The molecule has 0 amide bonds. The van der Waals surface area contributed by atoms with Gasteiger partial charge in [-0.1, -0.05) is 29.4 Å². The lowest BCUT2D eigenvalue weighted by Gasteiger charge is -2.45. The van der Waals surface area contributed by atoms with Crippen LogP contribution < -0.4 is 5.32 Å². The van der Waals surface area contributed by atoms with Crippen LogP contribution in [0.25, 0.3) is 0 Å². The molecular formula is C22H31ClN2O4. The molecule has 1 aromatic carbocycles. The van der Waals surface area contributed by atoms with Crippen molar-refractivity contribution in [2.75, 3.05) is 13.2 Å². The molecule has 1 aliphatic heterocycles. The molecule has 0 aromatic heterocycles. The van der Waals surface area contributed by atoms with Gasteiger partial charge in [0.15, 0.2) is 5.78 Å². The van der Waals surface area contributed by atoms with Gasteiger partial charge < -0.3 is 15.3 Å².